The third-order valence-electron chi connectivity index (χ3n) is 4.90. The van der Waals surface area contributed by atoms with Crippen molar-refractivity contribution in [2.75, 3.05) is 7.11 Å². The highest BCUT2D eigenvalue weighted by Gasteiger charge is 2.20. The summed E-state index contributed by atoms with van der Waals surface area (Å²) in [5.41, 5.74) is 2.30. The molecule has 5 rings (SSSR count). The molecule has 3 aromatic heterocycles. The van der Waals surface area contributed by atoms with Gasteiger partial charge in [0.1, 0.15) is 11.3 Å². The standard InChI is InChI=1S/C22H18N6O2S2/c1-14-9-10-18(30-2)17(12-14)28-20(19-8-5-11-31-19)24-25-22(28)32-13-27-21(29)15-6-3-4-7-16(15)23-26-27/h3-12H,13H2,1-2H3. The van der Waals surface area contributed by atoms with Crippen LogP contribution in [0, 0.1) is 6.92 Å². The van der Waals surface area contributed by atoms with E-state index in [9.17, 15) is 4.79 Å². The molecule has 0 aliphatic rings. The molecule has 0 saturated carbocycles. The quantitative estimate of drug-likeness (QED) is 0.350. The second-order valence-electron chi connectivity index (χ2n) is 6.98. The number of methoxy groups -OCH3 is 1. The Balaban J connectivity index is 1.58. The highest BCUT2D eigenvalue weighted by atomic mass is 32.2. The summed E-state index contributed by atoms with van der Waals surface area (Å²) in [6, 6.07) is 17.1. The van der Waals surface area contributed by atoms with Crippen molar-refractivity contribution in [2.45, 2.75) is 18.0 Å². The molecule has 0 atom stereocenters. The molecule has 0 unspecified atom stereocenters. The van der Waals surface area contributed by atoms with Gasteiger partial charge in [-0.15, -0.1) is 26.6 Å². The van der Waals surface area contributed by atoms with Crippen molar-refractivity contribution in [1.29, 1.82) is 0 Å². The first-order valence-electron chi connectivity index (χ1n) is 9.75. The lowest BCUT2D eigenvalue weighted by Gasteiger charge is -2.14. The average molecular weight is 463 g/mol. The number of hydrogen-bond acceptors (Lipinski definition) is 8. The number of aromatic nitrogens is 6. The molecule has 5 aromatic rings. The van der Waals surface area contributed by atoms with Crippen molar-refractivity contribution >= 4 is 34.0 Å². The van der Waals surface area contributed by atoms with Crippen molar-refractivity contribution in [3.63, 3.8) is 0 Å². The van der Waals surface area contributed by atoms with Crippen LogP contribution in [0.1, 0.15) is 5.56 Å². The number of thiophene rings is 1. The monoisotopic (exact) mass is 462 g/mol. The van der Waals surface area contributed by atoms with Crippen LogP contribution in [0.25, 0.3) is 27.3 Å². The Labute approximate surface area is 191 Å². The predicted octanol–water partition coefficient (Wildman–Crippen LogP) is 4.17. The fourth-order valence-corrected chi connectivity index (χ4v) is 4.87. The molecule has 32 heavy (non-hydrogen) atoms. The molecule has 0 radical (unpaired) electrons. The van der Waals surface area contributed by atoms with Crippen LogP contribution in [0.15, 0.2) is 69.9 Å². The van der Waals surface area contributed by atoms with Crippen LogP contribution in [-0.2, 0) is 5.88 Å². The summed E-state index contributed by atoms with van der Waals surface area (Å²) in [5, 5.41) is 20.3. The maximum absolute atomic E-state index is 12.8. The van der Waals surface area contributed by atoms with Crippen molar-refractivity contribution in [2.24, 2.45) is 0 Å². The van der Waals surface area contributed by atoms with Gasteiger partial charge in [-0.3, -0.25) is 9.36 Å². The van der Waals surface area contributed by atoms with E-state index in [0.29, 0.717) is 27.6 Å². The zero-order valence-electron chi connectivity index (χ0n) is 17.3. The molecular weight excluding hydrogens is 444 g/mol. The van der Waals surface area contributed by atoms with E-state index in [1.54, 1.807) is 30.6 Å². The van der Waals surface area contributed by atoms with E-state index in [0.717, 1.165) is 16.1 Å². The smallest absolute Gasteiger partial charge is 0.278 e. The molecule has 8 nitrogen and oxygen atoms in total. The van der Waals surface area contributed by atoms with Crippen LogP contribution >= 0.6 is 23.1 Å². The van der Waals surface area contributed by atoms with E-state index in [2.05, 4.69) is 20.5 Å². The number of fused-ring (bicyclic) bond motifs is 1. The van der Waals surface area contributed by atoms with E-state index in [1.807, 2.05) is 59.3 Å². The van der Waals surface area contributed by atoms with Crippen LogP contribution in [0.2, 0.25) is 0 Å². The summed E-state index contributed by atoms with van der Waals surface area (Å²) in [4.78, 5) is 13.8. The van der Waals surface area contributed by atoms with E-state index in [4.69, 9.17) is 4.74 Å². The minimum atomic E-state index is -0.194. The van der Waals surface area contributed by atoms with Crippen LogP contribution in [0.3, 0.4) is 0 Å². The molecular formula is C22H18N6O2S2. The van der Waals surface area contributed by atoms with E-state index in [-0.39, 0.29) is 11.4 Å². The van der Waals surface area contributed by atoms with E-state index in [1.165, 1.54) is 16.4 Å². The number of thioether (sulfide) groups is 1. The Kier molecular flexibility index (Phi) is 5.46. The molecule has 0 amide bonds. The lowest BCUT2D eigenvalue weighted by atomic mass is 10.2. The minimum Gasteiger partial charge on any atom is -0.495 e. The maximum Gasteiger partial charge on any atom is 0.278 e. The summed E-state index contributed by atoms with van der Waals surface area (Å²) in [6.07, 6.45) is 0. The van der Waals surface area contributed by atoms with Crippen LogP contribution < -0.4 is 10.3 Å². The lowest BCUT2D eigenvalue weighted by molar-refractivity contribution is 0.412. The predicted molar refractivity (Wildman–Crippen MR) is 126 cm³/mol. The first kappa shape index (κ1) is 20.4. The molecule has 0 fully saturated rings. The second-order valence-corrected chi connectivity index (χ2v) is 8.84. The molecule has 0 spiro atoms. The van der Waals surface area contributed by atoms with Crippen LogP contribution in [0.4, 0.5) is 0 Å². The van der Waals surface area contributed by atoms with Crippen molar-refractivity contribution in [3.8, 4) is 22.1 Å². The Hall–Kier alpha value is -3.50. The van der Waals surface area contributed by atoms with Gasteiger partial charge in [-0.25, -0.2) is 0 Å². The Bertz CT molecular complexity index is 1460. The number of hydrogen-bond donors (Lipinski definition) is 0. The third kappa shape index (κ3) is 3.67. The Morgan fingerprint density at radius 2 is 1.94 bits per heavy atom. The van der Waals surface area contributed by atoms with Gasteiger partial charge in [0.15, 0.2) is 11.0 Å². The number of ether oxygens (including phenoxy) is 1. The highest BCUT2D eigenvalue weighted by Crippen LogP contribution is 2.34. The topological polar surface area (TPSA) is 87.7 Å². The SMILES string of the molecule is COc1ccc(C)cc1-n1c(SCn2nnc3ccccc3c2=O)nnc1-c1cccs1. The normalized spacial score (nSPS) is 11.2. The Morgan fingerprint density at radius 3 is 2.75 bits per heavy atom. The average Bonchev–Trinajstić information content (AvgIpc) is 3.48. The zero-order chi connectivity index (χ0) is 22.1. The molecule has 0 aliphatic heterocycles. The van der Waals surface area contributed by atoms with E-state index >= 15 is 0 Å². The number of aryl methyl sites for hydroxylation is 1. The molecule has 0 saturated heterocycles. The molecule has 10 heteroatoms. The van der Waals surface area contributed by atoms with Gasteiger partial charge in [0.25, 0.3) is 5.56 Å². The van der Waals surface area contributed by atoms with Crippen LogP contribution in [0.5, 0.6) is 5.75 Å². The molecule has 0 aliphatic carbocycles. The summed E-state index contributed by atoms with van der Waals surface area (Å²) >= 11 is 2.94. The number of benzene rings is 2. The molecule has 160 valence electrons. The number of rotatable bonds is 6. The van der Waals surface area contributed by atoms with Gasteiger partial charge < -0.3 is 4.74 Å². The minimum absolute atomic E-state index is 0.194. The van der Waals surface area contributed by atoms with Gasteiger partial charge in [-0.05, 0) is 48.2 Å². The fourth-order valence-electron chi connectivity index (χ4n) is 3.35. The zero-order valence-corrected chi connectivity index (χ0v) is 18.9. The number of nitrogens with zero attached hydrogens (tertiary/aromatic N) is 6. The van der Waals surface area contributed by atoms with Crippen LogP contribution in [-0.4, -0.2) is 36.9 Å². The summed E-state index contributed by atoms with van der Waals surface area (Å²) in [7, 11) is 1.64. The van der Waals surface area contributed by atoms with Crippen molar-refractivity contribution in [3.05, 3.63) is 75.9 Å². The largest absolute Gasteiger partial charge is 0.495 e. The first-order chi connectivity index (χ1) is 15.7. The van der Waals surface area contributed by atoms with Gasteiger partial charge in [0, 0.05) is 0 Å². The molecule has 2 aromatic carbocycles. The first-order valence-corrected chi connectivity index (χ1v) is 11.6. The third-order valence-corrected chi connectivity index (χ3v) is 6.66. The molecule has 3 heterocycles. The fraction of sp³-hybridized carbons (Fsp3) is 0.136. The highest BCUT2D eigenvalue weighted by molar-refractivity contribution is 7.98. The molecule has 0 bridgehead atoms. The summed E-state index contributed by atoms with van der Waals surface area (Å²) in [5.74, 6) is 1.66. The second kappa shape index (κ2) is 8.56. The lowest BCUT2D eigenvalue weighted by Crippen LogP contribution is -2.23. The van der Waals surface area contributed by atoms with Gasteiger partial charge in [-0.1, -0.05) is 41.2 Å². The van der Waals surface area contributed by atoms with Crippen molar-refractivity contribution in [1.82, 2.24) is 29.8 Å². The van der Waals surface area contributed by atoms with Gasteiger partial charge in [-0.2, -0.15) is 4.68 Å². The summed E-state index contributed by atoms with van der Waals surface area (Å²) < 4.78 is 8.92. The van der Waals surface area contributed by atoms with E-state index < -0.39 is 0 Å². The van der Waals surface area contributed by atoms with Crippen molar-refractivity contribution < 1.29 is 4.74 Å². The van der Waals surface area contributed by atoms with Gasteiger partial charge in [0.05, 0.1) is 28.9 Å². The maximum atomic E-state index is 12.8. The molecule has 0 N–H and O–H groups in total. The van der Waals surface area contributed by atoms with Gasteiger partial charge in [0.2, 0.25) is 0 Å². The van der Waals surface area contributed by atoms with Gasteiger partial charge >= 0.3 is 0 Å². The Morgan fingerprint density at radius 1 is 1.06 bits per heavy atom. The summed E-state index contributed by atoms with van der Waals surface area (Å²) in [6.45, 7) is 2.02.